The van der Waals surface area contributed by atoms with Crippen molar-refractivity contribution in [3.63, 3.8) is 0 Å². The van der Waals surface area contributed by atoms with Crippen molar-refractivity contribution in [2.45, 2.75) is 6.54 Å². The average Bonchev–Trinajstić information content (AvgIpc) is 2.48. The second kappa shape index (κ2) is 6.83. The van der Waals surface area contributed by atoms with E-state index in [-0.39, 0.29) is 5.78 Å². The van der Waals surface area contributed by atoms with Crippen LogP contribution in [0.5, 0.6) is 0 Å². The number of nitrogens with two attached hydrogens (primary N) is 1. The molecule has 0 atom stereocenters. The molecule has 3 heteroatoms. The summed E-state index contributed by atoms with van der Waals surface area (Å²) < 4.78 is 0. The van der Waals surface area contributed by atoms with Crippen molar-refractivity contribution in [1.82, 2.24) is 5.32 Å². The van der Waals surface area contributed by atoms with Crippen LogP contribution in [-0.4, -0.2) is 18.9 Å². The molecule has 0 heterocycles. The second-order valence-corrected chi connectivity index (χ2v) is 4.36. The molecule has 0 aliphatic carbocycles. The molecule has 0 saturated heterocycles. The zero-order valence-electron chi connectivity index (χ0n) is 10.8. The molecule has 0 aromatic heterocycles. The number of hydrogen-bond acceptors (Lipinski definition) is 3. The van der Waals surface area contributed by atoms with Crippen LogP contribution in [0.4, 0.5) is 0 Å². The lowest BCUT2D eigenvalue weighted by molar-refractivity contribution is 0.103. The first-order chi connectivity index (χ1) is 9.31. The third-order valence-electron chi connectivity index (χ3n) is 2.88. The van der Waals surface area contributed by atoms with E-state index in [4.69, 9.17) is 5.73 Å². The number of ketones is 1. The molecule has 0 aliphatic heterocycles. The van der Waals surface area contributed by atoms with Gasteiger partial charge in [-0.2, -0.15) is 0 Å². The average molecular weight is 254 g/mol. The number of nitrogens with one attached hydrogen (secondary N) is 1. The molecule has 0 spiro atoms. The zero-order valence-corrected chi connectivity index (χ0v) is 10.8. The highest BCUT2D eigenvalue weighted by Gasteiger charge is 2.08. The second-order valence-electron chi connectivity index (χ2n) is 4.36. The molecule has 2 aromatic rings. The van der Waals surface area contributed by atoms with E-state index in [1.807, 2.05) is 54.6 Å². The molecular formula is C16H18N2O. The summed E-state index contributed by atoms with van der Waals surface area (Å²) in [5.41, 5.74) is 7.96. The molecule has 19 heavy (non-hydrogen) atoms. The Morgan fingerprint density at radius 2 is 1.74 bits per heavy atom. The van der Waals surface area contributed by atoms with Crippen molar-refractivity contribution in [1.29, 1.82) is 0 Å². The van der Waals surface area contributed by atoms with Gasteiger partial charge in [0.25, 0.3) is 0 Å². The van der Waals surface area contributed by atoms with Crippen LogP contribution in [0.1, 0.15) is 21.5 Å². The van der Waals surface area contributed by atoms with Gasteiger partial charge in [-0.3, -0.25) is 4.79 Å². The molecule has 98 valence electrons. The zero-order chi connectivity index (χ0) is 13.5. The molecule has 0 radical (unpaired) electrons. The fraction of sp³-hybridized carbons (Fsp3) is 0.188. The summed E-state index contributed by atoms with van der Waals surface area (Å²) in [6.45, 7) is 2.12. The predicted molar refractivity (Wildman–Crippen MR) is 77.1 cm³/mol. The van der Waals surface area contributed by atoms with Crippen molar-refractivity contribution in [2.24, 2.45) is 5.73 Å². The number of hydrogen-bond donors (Lipinski definition) is 2. The van der Waals surface area contributed by atoms with Crippen molar-refractivity contribution in [3.05, 3.63) is 71.3 Å². The van der Waals surface area contributed by atoms with Crippen molar-refractivity contribution >= 4 is 5.78 Å². The minimum absolute atomic E-state index is 0.0567. The van der Waals surface area contributed by atoms with Gasteiger partial charge < -0.3 is 11.1 Å². The highest BCUT2D eigenvalue weighted by atomic mass is 16.1. The number of benzene rings is 2. The lowest BCUT2D eigenvalue weighted by Crippen LogP contribution is -2.21. The quantitative estimate of drug-likeness (QED) is 0.612. The topological polar surface area (TPSA) is 55.1 Å². The summed E-state index contributed by atoms with van der Waals surface area (Å²) in [6.07, 6.45) is 0. The first-order valence-corrected chi connectivity index (χ1v) is 6.41. The smallest absolute Gasteiger partial charge is 0.193 e. The van der Waals surface area contributed by atoms with E-state index in [2.05, 4.69) is 5.32 Å². The molecule has 0 saturated carbocycles. The van der Waals surface area contributed by atoms with Crippen LogP contribution < -0.4 is 11.1 Å². The van der Waals surface area contributed by atoms with Crippen molar-refractivity contribution in [2.75, 3.05) is 13.1 Å². The maximum Gasteiger partial charge on any atom is 0.193 e. The number of rotatable bonds is 6. The van der Waals surface area contributed by atoms with Gasteiger partial charge >= 0.3 is 0 Å². The van der Waals surface area contributed by atoms with E-state index in [1.165, 1.54) is 0 Å². The Labute approximate surface area is 113 Å². The van der Waals surface area contributed by atoms with Crippen LogP contribution in [-0.2, 0) is 6.54 Å². The van der Waals surface area contributed by atoms with Gasteiger partial charge in [0, 0.05) is 30.8 Å². The largest absolute Gasteiger partial charge is 0.329 e. The minimum atomic E-state index is 0.0567. The summed E-state index contributed by atoms with van der Waals surface area (Å²) in [7, 11) is 0. The lowest BCUT2D eigenvalue weighted by Gasteiger charge is -2.06. The van der Waals surface area contributed by atoms with Crippen LogP contribution in [0.15, 0.2) is 54.6 Å². The maximum absolute atomic E-state index is 12.3. The van der Waals surface area contributed by atoms with Crippen LogP contribution in [0.2, 0.25) is 0 Å². The molecule has 0 aliphatic rings. The number of carbonyl (C=O) groups excluding carboxylic acids is 1. The summed E-state index contributed by atoms with van der Waals surface area (Å²) in [5.74, 6) is 0.0567. The highest BCUT2D eigenvalue weighted by molar-refractivity contribution is 6.09. The summed E-state index contributed by atoms with van der Waals surface area (Å²) in [4.78, 5) is 12.3. The first kappa shape index (κ1) is 13.5. The van der Waals surface area contributed by atoms with Gasteiger partial charge in [-0.05, 0) is 11.6 Å². The SMILES string of the molecule is NCCNCc1cccc(C(=O)c2ccccc2)c1. The van der Waals surface area contributed by atoms with Gasteiger partial charge in [0.2, 0.25) is 0 Å². The Balaban J connectivity index is 2.12. The van der Waals surface area contributed by atoms with Crippen molar-refractivity contribution in [3.8, 4) is 0 Å². The fourth-order valence-corrected chi connectivity index (χ4v) is 1.91. The molecule has 0 amide bonds. The van der Waals surface area contributed by atoms with Crippen LogP contribution in [0, 0.1) is 0 Å². The van der Waals surface area contributed by atoms with E-state index in [9.17, 15) is 4.79 Å². The Hall–Kier alpha value is -1.97. The Bertz CT molecular complexity index is 537. The molecular weight excluding hydrogens is 236 g/mol. The van der Waals surface area contributed by atoms with Gasteiger partial charge in [0.15, 0.2) is 5.78 Å². The van der Waals surface area contributed by atoms with Gasteiger partial charge in [0.1, 0.15) is 0 Å². The van der Waals surface area contributed by atoms with E-state index in [1.54, 1.807) is 0 Å². The normalized spacial score (nSPS) is 10.4. The monoisotopic (exact) mass is 254 g/mol. The standard InChI is InChI=1S/C16H18N2O/c17-9-10-18-12-13-5-4-8-15(11-13)16(19)14-6-2-1-3-7-14/h1-8,11,18H,9-10,12,17H2. The lowest BCUT2D eigenvalue weighted by atomic mass is 10.0. The van der Waals surface area contributed by atoms with E-state index in [0.29, 0.717) is 6.54 Å². The first-order valence-electron chi connectivity index (χ1n) is 6.41. The Morgan fingerprint density at radius 1 is 1.00 bits per heavy atom. The Morgan fingerprint density at radius 3 is 2.47 bits per heavy atom. The van der Waals surface area contributed by atoms with E-state index in [0.717, 1.165) is 29.8 Å². The molecule has 0 bridgehead atoms. The third-order valence-corrected chi connectivity index (χ3v) is 2.88. The van der Waals surface area contributed by atoms with Gasteiger partial charge in [-0.15, -0.1) is 0 Å². The summed E-state index contributed by atoms with van der Waals surface area (Å²) >= 11 is 0. The van der Waals surface area contributed by atoms with E-state index < -0.39 is 0 Å². The number of carbonyl (C=O) groups is 1. The van der Waals surface area contributed by atoms with Gasteiger partial charge in [0.05, 0.1) is 0 Å². The highest BCUT2D eigenvalue weighted by Crippen LogP contribution is 2.11. The molecule has 3 N–H and O–H groups in total. The van der Waals surface area contributed by atoms with E-state index >= 15 is 0 Å². The van der Waals surface area contributed by atoms with Gasteiger partial charge in [-0.1, -0.05) is 48.5 Å². The third kappa shape index (κ3) is 3.74. The van der Waals surface area contributed by atoms with Crippen molar-refractivity contribution < 1.29 is 4.79 Å². The summed E-state index contributed by atoms with van der Waals surface area (Å²) in [5, 5.41) is 3.22. The molecule has 3 nitrogen and oxygen atoms in total. The maximum atomic E-state index is 12.3. The summed E-state index contributed by atoms with van der Waals surface area (Å²) in [6, 6.07) is 17.0. The minimum Gasteiger partial charge on any atom is -0.329 e. The predicted octanol–water partition coefficient (Wildman–Crippen LogP) is 1.97. The molecule has 2 rings (SSSR count). The molecule has 0 fully saturated rings. The molecule has 0 unspecified atom stereocenters. The van der Waals surface area contributed by atoms with Crippen LogP contribution in [0.25, 0.3) is 0 Å². The van der Waals surface area contributed by atoms with Gasteiger partial charge in [-0.25, -0.2) is 0 Å². The fourth-order valence-electron chi connectivity index (χ4n) is 1.91. The molecule has 2 aromatic carbocycles. The Kier molecular flexibility index (Phi) is 4.84. The van der Waals surface area contributed by atoms with Crippen LogP contribution >= 0.6 is 0 Å². The van der Waals surface area contributed by atoms with Crippen LogP contribution in [0.3, 0.4) is 0 Å².